The Morgan fingerprint density at radius 1 is 1.10 bits per heavy atom. The van der Waals surface area contributed by atoms with Crippen molar-refractivity contribution in [1.29, 1.82) is 0 Å². The third-order valence-electron chi connectivity index (χ3n) is 4.68. The molecule has 0 amide bonds. The number of aromatic amines is 1. The molecule has 3 aromatic rings. The molecule has 0 aliphatic rings. The third-order valence-corrected chi connectivity index (χ3v) is 4.68. The Morgan fingerprint density at radius 2 is 1.87 bits per heavy atom. The number of benzene rings is 2. The molecule has 0 aliphatic carbocycles. The van der Waals surface area contributed by atoms with E-state index in [9.17, 15) is 5.11 Å². The molecule has 160 valence electrons. The van der Waals surface area contributed by atoms with Gasteiger partial charge in [-0.1, -0.05) is 42.5 Å². The minimum atomic E-state index is -0.542. The smallest absolute Gasteiger partial charge is 0.151 e. The van der Waals surface area contributed by atoms with E-state index >= 15 is 0 Å². The van der Waals surface area contributed by atoms with E-state index in [0.717, 1.165) is 43.5 Å². The molecule has 0 fully saturated rings. The highest BCUT2D eigenvalue weighted by atomic mass is 16.5. The van der Waals surface area contributed by atoms with E-state index in [1.54, 1.807) is 0 Å². The fourth-order valence-corrected chi connectivity index (χ4v) is 3.20. The summed E-state index contributed by atoms with van der Waals surface area (Å²) in [6.45, 7) is 5.12. The summed E-state index contributed by atoms with van der Waals surface area (Å²) in [5.41, 5.74) is 2.41. The highest BCUT2D eigenvalue weighted by Gasteiger charge is 2.10. The summed E-state index contributed by atoms with van der Waals surface area (Å²) in [6, 6.07) is 18.2. The Hall–Kier alpha value is -2.74. The molecule has 0 saturated carbocycles. The van der Waals surface area contributed by atoms with Gasteiger partial charge in [-0.2, -0.15) is 5.10 Å². The molecule has 7 nitrogen and oxygen atoms in total. The minimum absolute atomic E-state index is 0.271. The van der Waals surface area contributed by atoms with Crippen LogP contribution >= 0.6 is 0 Å². The number of rotatable bonds is 12. The average molecular weight is 410 g/mol. The number of nitrogens with one attached hydrogen (secondary N) is 2. The first-order valence-electron chi connectivity index (χ1n) is 10.3. The lowest BCUT2D eigenvalue weighted by molar-refractivity contribution is 0.0744. The van der Waals surface area contributed by atoms with Gasteiger partial charge in [-0.15, -0.1) is 0 Å². The van der Waals surface area contributed by atoms with E-state index in [2.05, 4.69) is 37.5 Å². The van der Waals surface area contributed by atoms with E-state index in [1.807, 2.05) is 56.4 Å². The van der Waals surface area contributed by atoms with Crippen LogP contribution in [-0.4, -0.2) is 58.0 Å². The Kier molecular flexibility index (Phi) is 8.38. The molecule has 7 heteroatoms. The van der Waals surface area contributed by atoms with Crippen LogP contribution in [0.25, 0.3) is 0 Å². The molecule has 1 atom stereocenters. The molecular weight excluding hydrogens is 378 g/mol. The topological polar surface area (TPSA) is 86.3 Å². The number of hydrogen-bond donors (Lipinski definition) is 3. The zero-order valence-corrected chi connectivity index (χ0v) is 17.7. The molecule has 2 aromatic carbocycles. The number of H-pyrrole nitrogens is 1. The van der Waals surface area contributed by atoms with Crippen LogP contribution in [-0.2, 0) is 19.5 Å². The molecule has 0 bridgehead atoms. The normalized spacial score (nSPS) is 12.3. The van der Waals surface area contributed by atoms with Crippen LogP contribution in [0, 0.1) is 6.92 Å². The second-order valence-electron chi connectivity index (χ2n) is 7.55. The Bertz CT molecular complexity index is 867. The first-order chi connectivity index (χ1) is 14.6. The van der Waals surface area contributed by atoms with Gasteiger partial charge in [0.15, 0.2) is 5.82 Å². The summed E-state index contributed by atoms with van der Waals surface area (Å²) in [5.74, 6) is 2.44. The van der Waals surface area contributed by atoms with Gasteiger partial charge in [-0.05, 0) is 37.2 Å². The van der Waals surface area contributed by atoms with Crippen LogP contribution in [0.2, 0.25) is 0 Å². The SMILES string of the molecule is Cc1nc(CCNCc2ccc(OCC(O)CN(C)Cc3ccccc3)cc2)n[nH]1. The van der Waals surface area contributed by atoms with Crippen molar-refractivity contribution in [2.45, 2.75) is 32.5 Å². The molecule has 0 saturated heterocycles. The van der Waals surface area contributed by atoms with Crippen LogP contribution in [0.1, 0.15) is 22.8 Å². The predicted molar refractivity (Wildman–Crippen MR) is 117 cm³/mol. The standard InChI is InChI=1S/C23H31N5O2/c1-18-25-23(27-26-18)12-13-24-14-19-8-10-22(11-9-19)30-17-21(29)16-28(2)15-20-6-4-3-5-7-20/h3-11,21,24,29H,12-17H2,1-2H3,(H,25,26,27). The van der Waals surface area contributed by atoms with E-state index in [0.29, 0.717) is 6.54 Å². The summed E-state index contributed by atoms with van der Waals surface area (Å²) < 4.78 is 5.74. The van der Waals surface area contributed by atoms with Crippen molar-refractivity contribution < 1.29 is 9.84 Å². The van der Waals surface area contributed by atoms with Crippen LogP contribution in [0.15, 0.2) is 54.6 Å². The van der Waals surface area contributed by atoms with Gasteiger partial charge in [0.2, 0.25) is 0 Å². The number of nitrogens with zero attached hydrogens (tertiary/aromatic N) is 3. The lowest BCUT2D eigenvalue weighted by Crippen LogP contribution is -2.32. The predicted octanol–water partition coefficient (Wildman–Crippen LogP) is 2.32. The largest absolute Gasteiger partial charge is 0.491 e. The second-order valence-corrected chi connectivity index (χ2v) is 7.55. The van der Waals surface area contributed by atoms with E-state index in [4.69, 9.17) is 4.74 Å². The van der Waals surface area contributed by atoms with E-state index in [-0.39, 0.29) is 6.61 Å². The lowest BCUT2D eigenvalue weighted by atomic mass is 10.2. The summed E-state index contributed by atoms with van der Waals surface area (Å²) in [6.07, 6.45) is 0.252. The number of aryl methyl sites for hydroxylation is 1. The Labute approximate surface area is 178 Å². The van der Waals surface area contributed by atoms with Gasteiger partial charge in [0, 0.05) is 32.6 Å². The van der Waals surface area contributed by atoms with Gasteiger partial charge in [0.1, 0.15) is 24.3 Å². The van der Waals surface area contributed by atoms with Crippen molar-refractivity contribution in [3.63, 3.8) is 0 Å². The molecule has 0 radical (unpaired) electrons. The maximum Gasteiger partial charge on any atom is 0.151 e. The minimum Gasteiger partial charge on any atom is -0.491 e. The number of hydrogen-bond acceptors (Lipinski definition) is 6. The molecule has 0 aliphatic heterocycles. The van der Waals surface area contributed by atoms with Gasteiger partial charge >= 0.3 is 0 Å². The molecule has 30 heavy (non-hydrogen) atoms. The summed E-state index contributed by atoms with van der Waals surface area (Å²) in [4.78, 5) is 6.39. The highest BCUT2D eigenvalue weighted by Crippen LogP contribution is 2.13. The van der Waals surface area contributed by atoms with Crippen molar-refractivity contribution in [2.75, 3.05) is 26.7 Å². The van der Waals surface area contributed by atoms with Crippen LogP contribution in [0.5, 0.6) is 5.75 Å². The zero-order chi connectivity index (χ0) is 21.2. The number of aliphatic hydroxyl groups is 1. The van der Waals surface area contributed by atoms with Gasteiger partial charge < -0.3 is 15.2 Å². The third kappa shape index (κ3) is 7.59. The van der Waals surface area contributed by atoms with Crippen molar-refractivity contribution >= 4 is 0 Å². The lowest BCUT2D eigenvalue weighted by Gasteiger charge is -2.21. The van der Waals surface area contributed by atoms with Gasteiger partial charge in [0.05, 0.1) is 0 Å². The van der Waals surface area contributed by atoms with Gasteiger partial charge in [0.25, 0.3) is 0 Å². The molecule has 1 heterocycles. The highest BCUT2D eigenvalue weighted by molar-refractivity contribution is 5.27. The number of likely N-dealkylation sites (N-methyl/N-ethyl adjacent to an activating group) is 1. The number of ether oxygens (including phenoxy) is 1. The molecule has 3 rings (SSSR count). The fraction of sp³-hybridized carbons (Fsp3) is 0.391. The van der Waals surface area contributed by atoms with Crippen molar-refractivity contribution in [3.05, 3.63) is 77.4 Å². The van der Waals surface area contributed by atoms with Crippen LogP contribution < -0.4 is 10.1 Å². The van der Waals surface area contributed by atoms with Crippen molar-refractivity contribution in [3.8, 4) is 5.75 Å². The Balaban J connectivity index is 1.32. The zero-order valence-electron chi connectivity index (χ0n) is 17.7. The van der Waals surface area contributed by atoms with Gasteiger partial charge in [-0.3, -0.25) is 10.00 Å². The average Bonchev–Trinajstić information content (AvgIpc) is 3.16. The van der Waals surface area contributed by atoms with Crippen molar-refractivity contribution in [1.82, 2.24) is 25.4 Å². The first-order valence-corrected chi connectivity index (χ1v) is 10.3. The Morgan fingerprint density at radius 3 is 2.57 bits per heavy atom. The monoisotopic (exact) mass is 409 g/mol. The second kappa shape index (κ2) is 11.4. The molecular formula is C23H31N5O2. The fourth-order valence-electron chi connectivity index (χ4n) is 3.20. The van der Waals surface area contributed by atoms with E-state index in [1.165, 1.54) is 11.1 Å². The maximum absolute atomic E-state index is 10.3. The van der Waals surface area contributed by atoms with Crippen LogP contribution in [0.3, 0.4) is 0 Å². The number of aromatic nitrogens is 3. The van der Waals surface area contributed by atoms with E-state index < -0.39 is 6.10 Å². The first kappa shape index (κ1) is 22.0. The maximum atomic E-state index is 10.3. The number of aliphatic hydroxyl groups excluding tert-OH is 1. The van der Waals surface area contributed by atoms with Crippen molar-refractivity contribution in [2.24, 2.45) is 0 Å². The summed E-state index contributed by atoms with van der Waals surface area (Å²) in [7, 11) is 2.00. The van der Waals surface area contributed by atoms with Gasteiger partial charge in [-0.25, -0.2) is 4.98 Å². The quantitative estimate of drug-likeness (QED) is 0.398. The van der Waals surface area contributed by atoms with Crippen LogP contribution in [0.4, 0.5) is 0 Å². The summed E-state index contributed by atoms with van der Waals surface area (Å²) >= 11 is 0. The molecule has 0 spiro atoms. The molecule has 3 N–H and O–H groups in total. The molecule has 1 unspecified atom stereocenters. The summed E-state index contributed by atoms with van der Waals surface area (Å²) in [5, 5.41) is 20.6. The molecule has 1 aromatic heterocycles.